The Morgan fingerprint density at radius 2 is 1.92 bits per heavy atom. The van der Waals surface area contributed by atoms with Gasteiger partial charge >= 0.3 is 0 Å². The molecule has 0 bridgehead atoms. The highest BCUT2D eigenvalue weighted by molar-refractivity contribution is 7.10. The second-order valence-corrected chi connectivity index (χ2v) is 8.06. The molecule has 1 aromatic heterocycles. The van der Waals surface area contributed by atoms with Crippen LogP contribution in [0.15, 0.2) is 35.7 Å². The van der Waals surface area contributed by atoms with E-state index in [9.17, 15) is 4.79 Å². The highest BCUT2D eigenvalue weighted by atomic mass is 35.5. The van der Waals surface area contributed by atoms with Gasteiger partial charge in [0.25, 0.3) is 5.91 Å². The number of rotatable bonds is 5. The van der Waals surface area contributed by atoms with Crippen molar-refractivity contribution in [2.45, 2.75) is 13.5 Å². The van der Waals surface area contributed by atoms with Crippen LogP contribution in [0.1, 0.15) is 10.4 Å². The number of piperazine rings is 1. The van der Waals surface area contributed by atoms with Crippen LogP contribution in [0.2, 0.25) is 5.02 Å². The lowest BCUT2D eigenvalue weighted by molar-refractivity contribution is -0.885. The average Bonchev–Trinajstić information content (AvgIpc) is 3.00. The molecule has 4 nitrogen and oxygen atoms in total. The van der Waals surface area contributed by atoms with Crippen LogP contribution in [-0.4, -0.2) is 50.6 Å². The van der Waals surface area contributed by atoms with Crippen LogP contribution in [0.3, 0.4) is 0 Å². The number of amides is 1. The zero-order chi connectivity index (χ0) is 17.8. The molecule has 25 heavy (non-hydrogen) atoms. The van der Waals surface area contributed by atoms with Crippen LogP contribution in [0.4, 0.5) is 5.69 Å². The fourth-order valence-electron chi connectivity index (χ4n) is 3.20. The molecule has 1 atom stereocenters. The van der Waals surface area contributed by atoms with E-state index >= 15 is 0 Å². The van der Waals surface area contributed by atoms with E-state index in [4.69, 9.17) is 11.6 Å². The number of quaternary nitrogens is 1. The average molecular weight is 379 g/mol. The van der Waals surface area contributed by atoms with Gasteiger partial charge in [0.05, 0.1) is 22.6 Å². The molecular formula is C19H25ClN3OS+. The molecule has 0 radical (unpaired) electrons. The first kappa shape index (κ1) is 18.2. The number of aryl methyl sites for hydroxylation is 1. The molecule has 1 unspecified atom stereocenters. The largest absolute Gasteiger partial charge is 0.367 e. The Hall–Kier alpha value is -1.56. The molecule has 1 aromatic carbocycles. The molecule has 0 saturated carbocycles. The molecule has 1 amide bonds. The van der Waals surface area contributed by atoms with E-state index in [2.05, 4.69) is 30.3 Å². The van der Waals surface area contributed by atoms with E-state index in [1.807, 2.05) is 29.2 Å². The van der Waals surface area contributed by atoms with Gasteiger partial charge in [0, 0.05) is 26.2 Å². The van der Waals surface area contributed by atoms with Gasteiger partial charge in [-0.3, -0.25) is 4.79 Å². The van der Waals surface area contributed by atoms with Gasteiger partial charge in [-0.05, 0) is 36.1 Å². The summed E-state index contributed by atoms with van der Waals surface area (Å²) in [6, 6.07) is 10.0. The summed E-state index contributed by atoms with van der Waals surface area (Å²) in [6.45, 7) is 6.77. The van der Waals surface area contributed by atoms with Crippen LogP contribution < -0.4 is 9.80 Å². The van der Waals surface area contributed by atoms with E-state index in [-0.39, 0.29) is 5.91 Å². The van der Waals surface area contributed by atoms with Crippen molar-refractivity contribution in [3.63, 3.8) is 0 Å². The summed E-state index contributed by atoms with van der Waals surface area (Å²) in [5.41, 5.74) is 2.39. The number of likely N-dealkylation sites (N-methyl/N-ethyl adjacent to an activating group) is 1. The van der Waals surface area contributed by atoms with E-state index in [0.29, 0.717) is 6.54 Å². The first-order valence-electron chi connectivity index (χ1n) is 8.66. The molecule has 0 spiro atoms. The smallest absolute Gasteiger partial charge is 0.277 e. The van der Waals surface area contributed by atoms with E-state index < -0.39 is 0 Å². The molecule has 1 aliphatic heterocycles. The molecule has 6 heteroatoms. The normalized spacial score (nSPS) is 16.1. The number of carbonyl (C=O) groups is 1. The Balaban J connectivity index is 1.50. The maximum Gasteiger partial charge on any atom is 0.277 e. The number of para-hydroxylation sites is 1. The topological polar surface area (TPSA) is 28.0 Å². The Kier molecular flexibility index (Phi) is 5.99. The van der Waals surface area contributed by atoms with Crippen molar-refractivity contribution >= 4 is 34.5 Å². The van der Waals surface area contributed by atoms with Crippen LogP contribution in [-0.2, 0) is 11.3 Å². The lowest BCUT2D eigenvalue weighted by atomic mass is 10.2. The SMILES string of the molecule is Cc1ccsc1C[NH+](C)CC(=O)N1CCN(c2ccccc2Cl)CC1. The number of thiophene rings is 1. The van der Waals surface area contributed by atoms with Crippen molar-refractivity contribution in [3.8, 4) is 0 Å². The van der Waals surface area contributed by atoms with Crippen molar-refractivity contribution in [3.05, 3.63) is 51.2 Å². The Bertz CT molecular complexity index is 725. The maximum atomic E-state index is 12.6. The third-order valence-electron chi connectivity index (χ3n) is 4.71. The van der Waals surface area contributed by atoms with E-state index in [1.165, 1.54) is 15.3 Å². The van der Waals surface area contributed by atoms with Gasteiger partial charge in [0.15, 0.2) is 6.54 Å². The van der Waals surface area contributed by atoms with Gasteiger partial charge in [-0.1, -0.05) is 23.7 Å². The number of carbonyl (C=O) groups excluding carboxylic acids is 1. The van der Waals surface area contributed by atoms with Gasteiger partial charge in [-0.25, -0.2) is 0 Å². The fourth-order valence-corrected chi connectivity index (χ4v) is 4.47. The van der Waals surface area contributed by atoms with Gasteiger partial charge in [-0.15, -0.1) is 11.3 Å². The third kappa shape index (κ3) is 4.54. The lowest BCUT2D eigenvalue weighted by Gasteiger charge is -2.36. The second kappa shape index (κ2) is 8.21. The second-order valence-electron chi connectivity index (χ2n) is 6.66. The summed E-state index contributed by atoms with van der Waals surface area (Å²) in [5, 5.41) is 2.89. The van der Waals surface area contributed by atoms with Gasteiger partial charge < -0.3 is 14.7 Å². The van der Waals surface area contributed by atoms with Crippen molar-refractivity contribution in [1.82, 2.24) is 4.90 Å². The highest BCUT2D eigenvalue weighted by Gasteiger charge is 2.24. The standard InChI is InChI=1S/C19H24ClN3OS/c1-15-7-12-25-18(15)13-21(2)14-19(24)23-10-8-22(9-11-23)17-6-4-3-5-16(17)20/h3-7,12H,8-11,13-14H2,1-2H3/p+1. The molecule has 1 aliphatic rings. The van der Waals surface area contributed by atoms with Gasteiger partial charge in [0.1, 0.15) is 6.54 Å². The Labute approximate surface area is 158 Å². The Morgan fingerprint density at radius 3 is 2.56 bits per heavy atom. The fraction of sp³-hybridized carbons (Fsp3) is 0.421. The maximum absolute atomic E-state index is 12.6. The lowest BCUT2D eigenvalue weighted by Crippen LogP contribution is -3.08. The quantitative estimate of drug-likeness (QED) is 0.862. The zero-order valence-corrected chi connectivity index (χ0v) is 16.4. The minimum absolute atomic E-state index is 0.241. The third-order valence-corrected chi connectivity index (χ3v) is 6.05. The van der Waals surface area contributed by atoms with Crippen molar-refractivity contribution < 1.29 is 9.69 Å². The first-order chi connectivity index (χ1) is 12.0. The highest BCUT2D eigenvalue weighted by Crippen LogP contribution is 2.25. The molecule has 3 rings (SSSR count). The monoisotopic (exact) mass is 378 g/mol. The minimum Gasteiger partial charge on any atom is -0.367 e. The zero-order valence-electron chi connectivity index (χ0n) is 14.8. The number of benzene rings is 1. The summed E-state index contributed by atoms with van der Waals surface area (Å²) in [5.74, 6) is 0.241. The molecule has 134 valence electrons. The number of hydrogen-bond donors (Lipinski definition) is 1. The molecular weight excluding hydrogens is 354 g/mol. The molecule has 0 aliphatic carbocycles. The predicted octanol–water partition coefficient (Wildman–Crippen LogP) is 2.07. The predicted molar refractivity (Wildman–Crippen MR) is 105 cm³/mol. The number of anilines is 1. The Morgan fingerprint density at radius 1 is 1.20 bits per heavy atom. The van der Waals surface area contributed by atoms with E-state index in [0.717, 1.165) is 43.4 Å². The van der Waals surface area contributed by atoms with E-state index in [1.54, 1.807) is 11.3 Å². The van der Waals surface area contributed by atoms with Crippen LogP contribution in [0.5, 0.6) is 0 Å². The summed E-state index contributed by atoms with van der Waals surface area (Å²) >= 11 is 8.06. The number of nitrogens with one attached hydrogen (secondary N) is 1. The molecule has 1 fully saturated rings. The number of halogens is 1. The summed E-state index contributed by atoms with van der Waals surface area (Å²) in [4.78, 5) is 19.5. The summed E-state index contributed by atoms with van der Waals surface area (Å²) < 4.78 is 0. The number of nitrogens with zero attached hydrogens (tertiary/aromatic N) is 2. The summed E-state index contributed by atoms with van der Waals surface area (Å²) in [6.07, 6.45) is 0. The van der Waals surface area contributed by atoms with Crippen molar-refractivity contribution in [1.29, 1.82) is 0 Å². The minimum atomic E-state index is 0.241. The molecule has 2 heterocycles. The van der Waals surface area contributed by atoms with Crippen molar-refractivity contribution in [2.24, 2.45) is 0 Å². The number of hydrogen-bond acceptors (Lipinski definition) is 3. The van der Waals surface area contributed by atoms with Gasteiger partial charge in [-0.2, -0.15) is 0 Å². The van der Waals surface area contributed by atoms with Crippen LogP contribution in [0, 0.1) is 6.92 Å². The first-order valence-corrected chi connectivity index (χ1v) is 9.92. The van der Waals surface area contributed by atoms with Crippen LogP contribution in [0.25, 0.3) is 0 Å². The van der Waals surface area contributed by atoms with Gasteiger partial charge in [0.2, 0.25) is 0 Å². The molecule has 1 N–H and O–H groups in total. The molecule has 1 saturated heterocycles. The van der Waals surface area contributed by atoms with Crippen molar-refractivity contribution in [2.75, 3.05) is 44.7 Å². The molecule has 2 aromatic rings. The summed E-state index contributed by atoms with van der Waals surface area (Å²) in [7, 11) is 2.09. The van der Waals surface area contributed by atoms with Crippen LogP contribution >= 0.6 is 22.9 Å².